The van der Waals surface area contributed by atoms with Gasteiger partial charge in [0.05, 0.1) is 11.8 Å². The average Bonchev–Trinajstić information content (AvgIpc) is 2.91. The van der Waals surface area contributed by atoms with Gasteiger partial charge in [0, 0.05) is 0 Å². The largest absolute Gasteiger partial charge is 0.481 e. The van der Waals surface area contributed by atoms with E-state index in [1.165, 1.54) is 6.07 Å². The molecule has 0 radical (unpaired) electrons. The van der Waals surface area contributed by atoms with Gasteiger partial charge in [-0.2, -0.15) is 0 Å². The third-order valence-electron chi connectivity index (χ3n) is 3.52. The van der Waals surface area contributed by atoms with Gasteiger partial charge in [-0.25, -0.2) is 0 Å². The van der Waals surface area contributed by atoms with Crippen LogP contribution in [-0.2, 0) is 9.59 Å². The molecule has 1 aliphatic carbocycles. The molecule has 0 aromatic carbocycles. The standard InChI is InChI=1S/C13H15BrN2O5/c14-10-6-5-9(21-10)12(18)16-15-11(17)7-3-1-2-4-8(7)13(19)20/h5-8H,1-4H2,(H,15,17)(H,16,18)(H,19,20)/t7-,8-/m0/s1. The smallest absolute Gasteiger partial charge is 0.307 e. The van der Waals surface area contributed by atoms with E-state index in [-0.39, 0.29) is 5.76 Å². The summed E-state index contributed by atoms with van der Waals surface area (Å²) in [5.41, 5.74) is 4.49. The highest BCUT2D eigenvalue weighted by molar-refractivity contribution is 9.10. The molecule has 2 rings (SSSR count). The molecule has 2 atom stereocenters. The van der Waals surface area contributed by atoms with Crippen molar-refractivity contribution in [1.82, 2.24) is 10.9 Å². The molecule has 21 heavy (non-hydrogen) atoms. The van der Waals surface area contributed by atoms with Crippen molar-refractivity contribution in [1.29, 1.82) is 0 Å². The van der Waals surface area contributed by atoms with Gasteiger partial charge in [0.15, 0.2) is 10.4 Å². The molecular weight excluding hydrogens is 344 g/mol. The minimum Gasteiger partial charge on any atom is -0.481 e. The van der Waals surface area contributed by atoms with Crippen LogP contribution in [0.25, 0.3) is 0 Å². The van der Waals surface area contributed by atoms with E-state index < -0.39 is 29.6 Å². The topological polar surface area (TPSA) is 109 Å². The minimum atomic E-state index is -0.976. The normalized spacial score (nSPS) is 21.6. The minimum absolute atomic E-state index is 0.0422. The number of hydrogen-bond donors (Lipinski definition) is 3. The van der Waals surface area contributed by atoms with Gasteiger partial charge >= 0.3 is 11.9 Å². The van der Waals surface area contributed by atoms with E-state index in [9.17, 15) is 14.4 Å². The number of carbonyl (C=O) groups excluding carboxylic acids is 2. The maximum absolute atomic E-state index is 12.0. The number of hydrazine groups is 1. The van der Waals surface area contributed by atoms with Crippen LogP contribution in [0.4, 0.5) is 0 Å². The van der Waals surface area contributed by atoms with E-state index in [1.807, 2.05) is 0 Å². The van der Waals surface area contributed by atoms with Gasteiger partial charge in [0.25, 0.3) is 0 Å². The van der Waals surface area contributed by atoms with E-state index in [0.29, 0.717) is 17.5 Å². The molecule has 7 nitrogen and oxygen atoms in total. The fourth-order valence-electron chi connectivity index (χ4n) is 2.45. The number of carbonyl (C=O) groups is 3. The number of rotatable bonds is 3. The molecule has 0 spiro atoms. The maximum Gasteiger partial charge on any atom is 0.307 e. The SMILES string of the molecule is O=C(NNC(=O)[C@H]1CCCC[C@@H]1C(=O)O)c1ccc(Br)o1. The summed E-state index contributed by atoms with van der Waals surface area (Å²) >= 11 is 3.07. The van der Waals surface area contributed by atoms with Crippen LogP contribution in [0.5, 0.6) is 0 Å². The highest BCUT2D eigenvalue weighted by atomic mass is 79.9. The molecule has 0 aliphatic heterocycles. The Bertz CT molecular complexity index is 557. The Balaban J connectivity index is 1.91. The summed E-state index contributed by atoms with van der Waals surface area (Å²) in [4.78, 5) is 34.9. The Hall–Kier alpha value is -1.83. The molecule has 1 fully saturated rings. The number of aliphatic carboxylic acids is 1. The molecule has 114 valence electrons. The van der Waals surface area contributed by atoms with Crippen molar-refractivity contribution in [3.63, 3.8) is 0 Å². The number of carboxylic acids is 1. The van der Waals surface area contributed by atoms with E-state index in [0.717, 1.165) is 12.8 Å². The second kappa shape index (κ2) is 6.75. The third-order valence-corrected chi connectivity index (χ3v) is 3.94. The number of amides is 2. The highest BCUT2D eigenvalue weighted by Gasteiger charge is 2.35. The van der Waals surface area contributed by atoms with Crippen LogP contribution in [0, 0.1) is 11.8 Å². The van der Waals surface area contributed by atoms with Crippen LogP contribution in [0.1, 0.15) is 36.2 Å². The molecular formula is C13H15BrN2O5. The van der Waals surface area contributed by atoms with Gasteiger partial charge in [-0.15, -0.1) is 0 Å². The molecule has 3 N–H and O–H groups in total. The van der Waals surface area contributed by atoms with Crippen molar-refractivity contribution in [3.8, 4) is 0 Å². The molecule has 1 aromatic rings. The zero-order valence-corrected chi connectivity index (χ0v) is 12.7. The first kappa shape index (κ1) is 15.6. The summed E-state index contributed by atoms with van der Waals surface area (Å²) < 4.78 is 5.44. The number of halogens is 1. The summed E-state index contributed by atoms with van der Waals surface area (Å²) in [6.45, 7) is 0. The quantitative estimate of drug-likeness (QED) is 0.712. The zero-order chi connectivity index (χ0) is 15.4. The molecule has 0 unspecified atom stereocenters. The first-order valence-electron chi connectivity index (χ1n) is 6.57. The van der Waals surface area contributed by atoms with Crippen molar-refractivity contribution in [2.75, 3.05) is 0 Å². The second-order valence-corrected chi connectivity index (χ2v) is 5.66. The molecule has 0 saturated heterocycles. The van der Waals surface area contributed by atoms with Gasteiger partial charge < -0.3 is 9.52 Å². The van der Waals surface area contributed by atoms with Crippen molar-refractivity contribution in [3.05, 3.63) is 22.6 Å². The average molecular weight is 359 g/mol. The second-order valence-electron chi connectivity index (χ2n) is 4.88. The van der Waals surface area contributed by atoms with Crippen molar-refractivity contribution >= 4 is 33.7 Å². The Kier molecular flexibility index (Phi) is 5.00. The summed E-state index contributed by atoms with van der Waals surface area (Å²) in [6, 6.07) is 3.00. The molecule has 0 bridgehead atoms. The molecule has 2 amide bonds. The van der Waals surface area contributed by atoms with Crippen LogP contribution in [0.2, 0.25) is 0 Å². The van der Waals surface area contributed by atoms with E-state index in [4.69, 9.17) is 9.52 Å². The Morgan fingerprint density at radius 2 is 1.81 bits per heavy atom. The lowest BCUT2D eigenvalue weighted by Gasteiger charge is -2.27. The number of carboxylic acid groups (broad SMARTS) is 1. The number of nitrogens with one attached hydrogen (secondary N) is 2. The number of furan rings is 1. The molecule has 1 aromatic heterocycles. The highest BCUT2D eigenvalue weighted by Crippen LogP contribution is 2.30. The van der Waals surface area contributed by atoms with Gasteiger partial charge in [-0.1, -0.05) is 12.8 Å². The lowest BCUT2D eigenvalue weighted by Crippen LogP contribution is -2.47. The maximum atomic E-state index is 12.0. The molecule has 1 heterocycles. The lowest BCUT2D eigenvalue weighted by molar-refractivity contribution is -0.149. The van der Waals surface area contributed by atoms with Gasteiger partial charge in [0.2, 0.25) is 5.91 Å². The fourth-order valence-corrected chi connectivity index (χ4v) is 2.76. The van der Waals surface area contributed by atoms with Crippen molar-refractivity contribution in [2.24, 2.45) is 11.8 Å². The fraction of sp³-hybridized carbons (Fsp3) is 0.462. The monoisotopic (exact) mass is 358 g/mol. The summed E-state index contributed by atoms with van der Waals surface area (Å²) in [6.07, 6.45) is 2.59. The van der Waals surface area contributed by atoms with E-state index in [1.54, 1.807) is 6.07 Å². The summed E-state index contributed by atoms with van der Waals surface area (Å²) in [5, 5.41) is 9.13. The Morgan fingerprint density at radius 1 is 1.14 bits per heavy atom. The van der Waals surface area contributed by atoms with Crippen LogP contribution in [0.3, 0.4) is 0 Å². The van der Waals surface area contributed by atoms with E-state index >= 15 is 0 Å². The van der Waals surface area contributed by atoms with Crippen molar-refractivity contribution in [2.45, 2.75) is 25.7 Å². The Labute approximate surface area is 129 Å². The van der Waals surface area contributed by atoms with Crippen LogP contribution in [0.15, 0.2) is 21.2 Å². The molecule has 1 saturated carbocycles. The predicted octanol–water partition coefficient (Wildman–Crippen LogP) is 1.69. The summed E-state index contributed by atoms with van der Waals surface area (Å²) in [5.74, 6) is -3.34. The predicted molar refractivity (Wildman–Crippen MR) is 75.1 cm³/mol. The first-order valence-corrected chi connectivity index (χ1v) is 7.36. The number of hydrogen-bond acceptors (Lipinski definition) is 4. The van der Waals surface area contributed by atoms with Crippen molar-refractivity contribution < 1.29 is 23.9 Å². The summed E-state index contributed by atoms with van der Waals surface area (Å²) in [7, 11) is 0. The lowest BCUT2D eigenvalue weighted by atomic mass is 9.79. The van der Waals surface area contributed by atoms with Gasteiger partial charge in [0.1, 0.15) is 0 Å². The van der Waals surface area contributed by atoms with Gasteiger partial charge in [-0.3, -0.25) is 25.2 Å². The Morgan fingerprint density at radius 3 is 2.38 bits per heavy atom. The zero-order valence-electron chi connectivity index (χ0n) is 11.1. The third kappa shape index (κ3) is 3.84. The van der Waals surface area contributed by atoms with Gasteiger partial charge in [-0.05, 0) is 40.9 Å². The first-order chi connectivity index (χ1) is 9.99. The molecule has 8 heteroatoms. The van der Waals surface area contributed by atoms with Crippen LogP contribution in [-0.4, -0.2) is 22.9 Å². The molecule has 1 aliphatic rings. The van der Waals surface area contributed by atoms with Crippen LogP contribution >= 0.6 is 15.9 Å². The van der Waals surface area contributed by atoms with E-state index in [2.05, 4.69) is 26.8 Å². The van der Waals surface area contributed by atoms with Crippen LogP contribution < -0.4 is 10.9 Å².